The molecule has 0 saturated heterocycles. The number of aryl methyl sites for hydroxylation is 2. The molecular formula is C126H228N2Ni. The van der Waals surface area contributed by atoms with Crippen molar-refractivity contribution >= 4 is 11.4 Å². The first-order valence-electron chi connectivity index (χ1n) is 59.1. The summed E-state index contributed by atoms with van der Waals surface area (Å²) in [4.78, 5) is 0. The van der Waals surface area contributed by atoms with E-state index >= 15 is 0 Å². The molecule has 0 aliphatic carbocycles. The Hall–Kier alpha value is -2.77. The molecule has 0 amide bonds. The van der Waals surface area contributed by atoms with E-state index in [0.717, 1.165) is 49.1 Å². The van der Waals surface area contributed by atoms with Gasteiger partial charge in [-0.25, -0.2) is 4.70 Å². The minimum Gasteiger partial charge on any atom is -0.493 e. The fourth-order valence-electron chi connectivity index (χ4n) is 19.8. The Kier molecular flexibility index (Phi) is 103. The first-order valence-corrected chi connectivity index (χ1v) is 59.1. The van der Waals surface area contributed by atoms with Crippen molar-refractivity contribution in [3.63, 3.8) is 0 Å². The van der Waals surface area contributed by atoms with Gasteiger partial charge in [0.05, 0.1) is 5.57 Å². The third-order valence-corrected chi connectivity index (χ3v) is 28.6. The fraction of sp³-hybridized carbons (Fsp3) is 0.810. The zero-order valence-electron chi connectivity index (χ0n) is 88.7. The second-order valence-electron chi connectivity index (χ2n) is 41.0. The molecule has 2 aromatic rings. The maximum Gasteiger partial charge on any atom is 2.00 e. The van der Waals surface area contributed by atoms with Crippen molar-refractivity contribution in [2.45, 2.75) is 646 Å². The summed E-state index contributed by atoms with van der Waals surface area (Å²) in [5, 5.41) is 0. The summed E-state index contributed by atoms with van der Waals surface area (Å²) in [5.41, 5.74) is 20.6. The molecule has 3 heteroatoms. The summed E-state index contributed by atoms with van der Waals surface area (Å²) >= 11 is 0. The van der Waals surface area contributed by atoms with Crippen LogP contribution in [0, 0.1) is 25.7 Å². The van der Waals surface area contributed by atoms with Crippen LogP contribution in [0.4, 0.5) is 0 Å². The van der Waals surface area contributed by atoms with Gasteiger partial charge in [0.1, 0.15) is 0 Å². The van der Waals surface area contributed by atoms with Crippen molar-refractivity contribution in [1.82, 2.24) is 0 Å². The van der Waals surface area contributed by atoms with Gasteiger partial charge < -0.3 is 19.4 Å². The van der Waals surface area contributed by atoms with Crippen LogP contribution in [0.15, 0.2) is 96.6 Å². The molecule has 752 valence electrons. The number of benzene rings is 2. The van der Waals surface area contributed by atoms with Crippen molar-refractivity contribution in [1.29, 1.82) is 0 Å². The van der Waals surface area contributed by atoms with E-state index in [4.69, 9.17) is 0 Å². The van der Waals surface area contributed by atoms with E-state index in [-0.39, 0.29) is 16.5 Å². The van der Waals surface area contributed by atoms with E-state index < -0.39 is 0 Å². The van der Waals surface area contributed by atoms with Crippen LogP contribution < -0.4 is 0 Å². The van der Waals surface area contributed by atoms with Crippen molar-refractivity contribution in [2.24, 2.45) is 11.8 Å². The molecule has 0 aromatic heterocycles. The third-order valence-electron chi connectivity index (χ3n) is 28.6. The van der Waals surface area contributed by atoms with Crippen LogP contribution in [0.25, 0.3) is 16.9 Å². The number of hydrogen-bond donors (Lipinski definition) is 0. The minimum absolute atomic E-state index is 0. The maximum absolute atomic E-state index is 12.6. The van der Waals surface area contributed by atoms with Crippen LogP contribution in [0.3, 0.4) is 0 Å². The van der Waals surface area contributed by atoms with Crippen LogP contribution in [0.1, 0.15) is 655 Å². The van der Waals surface area contributed by atoms with Gasteiger partial charge in [0.2, 0.25) is 11.4 Å². The molecule has 0 saturated carbocycles. The molecule has 0 N–H and O–H groups in total. The number of rotatable bonds is 98. The summed E-state index contributed by atoms with van der Waals surface area (Å²) < 4.78 is 1.58. The Labute approximate surface area is 822 Å². The quantitative estimate of drug-likeness (QED) is 0.0207. The summed E-state index contributed by atoms with van der Waals surface area (Å²) in [5.74, 6) is 1.38. The summed E-state index contributed by atoms with van der Waals surface area (Å²) in [7, 11) is 0. The number of unbranched alkanes of at least 4 members (excludes halogenated alkanes) is 78. The zero-order chi connectivity index (χ0) is 92.1. The van der Waals surface area contributed by atoms with Crippen molar-refractivity contribution in [3.8, 4) is 0 Å². The summed E-state index contributed by atoms with van der Waals surface area (Å²) in [6.07, 6.45) is 146. The van der Waals surface area contributed by atoms with E-state index in [1.165, 1.54) is 587 Å². The first-order chi connectivity index (χ1) is 63.4. The molecule has 2 nitrogen and oxygen atoms in total. The largest absolute Gasteiger partial charge is 2.00 e. The molecule has 2 unspecified atom stereocenters. The summed E-state index contributed by atoms with van der Waals surface area (Å²) in [6.45, 7) is 24.0. The molecular weight excluding hydrogens is 1600 g/mol. The van der Waals surface area contributed by atoms with Gasteiger partial charge >= 0.3 is 16.5 Å². The number of nitrogens with zero attached hydrogens (tertiary/aromatic N) is 2. The molecule has 0 spiro atoms. The molecule has 0 bridgehead atoms. The second-order valence-corrected chi connectivity index (χ2v) is 41.0. The molecule has 1 aliphatic heterocycles. The smallest absolute Gasteiger partial charge is 0.493 e. The van der Waals surface area contributed by atoms with E-state index in [0.29, 0.717) is 11.8 Å². The molecule has 0 fully saturated rings. The average molecular weight is 1830 g/mol. The van der Waals surface area contributed by atoms with Gasteiger partial charge in [0, 0.05) is 17.2 Å². The van der Waals surface area contributed by atoms with Crippen LogP contribution in [0.5, 0.6) is 0 Å². The van der Waals surface area contributed by atoms with Gasteiger partial charge in [-0.2, -0.15) is 12.8 Å². The minimum atomic E-state index is 0. The van der Waals surface area contributed by atoms with Crippen LogP contribution >= 0.6 is 0 Å². The van der Waals surface area contributed by atoms with E-state index in [1.54, 1.807) is 4.70 Å². The predicted molar refractivity (Wildman–Crippen MR) is 584 cm³/mol. The summed E-state index contributed by atoms with van der Waals surface area (Å²) in [6, 6.07) is 18.0. The van der Waals surface area contributed by atoms with E-state index in [9.17, 15) is 5.53 Å². The molecule has 2 aromatic carbocycles. The van der Waals surface area contributed by atoms with Gasteiger partial charge in [-0.05, 0) is 112 Å². The van der Waals surface area contributed by atoms with E-state index in [2.05, 4.69) is 153 Å². The van der Waals surface area contributed by atoms with Gasteiger partial charge in [-0.3, -0.25) is 0 Å². The number of hydrogen-bond acceptors (Lipinski definition) is 0. The van der Waals surface area contributed by atoms with Crippen LogP contribution in [-0.4, -0.2) is 4.70 Å². The normalized spacial score (nSPS) is 12.8. The van der Waals surface area contributed by atoms with Gasteiger partial charge in [0.15, 0.2) is 0 Å². The topological polar surface area (TPSA) is 25.3 Å². The van der Waals surface area contributed by atoms with Crippen molar-refractivity contribution in [3.05, 3.63) is 138 Å². The standard InChI is InChI=1S/C68H110N2.2C29H59.Ni/c1-6-11-16-21-24-25-26-27-28-29-30-31-32-33-36-41-52-64-59-67(65-53-44-42-50-62(65)57-55-60(46-37-19-14-9-4)48-39-34-22-17-12-7-2)70(69)68(64)66-54-45-43-51-63(66)58-56-61(47-38-20-15-10-5)49-40-35-23-18-13-8-3;2*1-3-5-7-9-11-13-15-17-19-21-23-25-27-29-28-26-24-22-20-18-16-14-12-10-8-6-4-2;/h34-35,39-45,50-54,59-61H,6-33,36-38,46-49,55-58H2,1-5H3;2*1,3-29H2,2H3;/q;2*-1;+2. The second kappa shape index (κ2) is 106. The predicted octanol–water partition coefficient (Wildman–Crippen LogP) is 45.7. The van der Waals surface area contributed by atoms with Gasteiger partial charge in [-0.15, -0.1) is 0 Å². The number of allylic oxidation sites excluding steroid dienone is 8. The maximum atomic E-state index is 12.6. The Morgan fingerprint density at radius 2 is 0.465 bits per heavy atom. The van der Waals surface area contributed by atoms with Gasteiger partial charge in [-0.1, -0.05) is 629 Å². The Morgan fingerprint density at radius 1 is 0.248 bits per heavy atom. The third kappa shape index (κ3) is 83.2. The Bertz CT molecular complexity index is 2600. The van der Waals surface area contributed by atoms with E-state index in [1.807, 2.05) is 0 Å². The van der Waals surface area contributed by atoms with Crippen LogP contribution in [-0.2, 0) is 29.3 Å². The Balaban J connectivity index is 0.00000228. The van der Waals surface area contributed by atoms with Crippen LogP contribution in [0.2, 0.25) is 0 Å². The molecule has 2 atom stereocenters. The van der Waals surface area contributed by atoms with Gasteiger partial charge in [0.25, 0.3) is 0 Å². The molecule has 1 aliphatic rings. The molecule has 0 radical (unpaired) electrons. The average Bonchev–Trinajstić information content (AvgIpc) is 1.63. The molecule has 1 heterocycles. The molecule has 3 rings (SSSR count). The van der Waals surface area contributed by atoms with Crippen molar-refractivity contribution < 1.29 is 21.2 Å². The monoisotopic (exact) mass is 1830 g/mol. The zero-order valence-corrected chi connectivity index (χ0v) is 89.7. The molecule has 129 heavy (non-hydrogen) atoms. The first kappa shape index (κ1) is 126. The SMILES string of the molecule is CCCCCC=CCC(CCCCCC)CCc1ccccc1C1=CC(C=CCCCCCCCCCCCCCCCC)=C(c2ccccc2CCC(CC=CCCCCC)CCCCCC)[N+]1=[N-].[CH2-]CCCCCCCCCCCCCCCCCCCCCCCCCCCC.[CH2-]CCCCCCCCCCCCCCCCCCCCCCCCCCCC.[Ni+2]. The fourth-order valence-corrected chi connectivity index (χ4v) is 19.8. The van der Waals surface area contributed by atoms with Crippen molar-refractivity contribution in [2.75, 3.05) is 0 Å². The Morgan fingerprint density at radius 3 is 0.744 bits per heavy atom.